The highest BCUT2D eigenvalue weighted by Gasteiger charge is 2.32. The van der Waals surface area contributed by atoms with Crippen molar-refractivity contribution in [3.63, 3.8) is 0 Å². The molecule has 0 aromatic heterocycles. The van der Waals surface area contributed by atoms with Gasteiger partial charge in [0.1, 0.15) is 0 Å². The van der Waals surface area contributed by atoms with Crippen LogP contribution in [-0.2, 0) is 9.47 Å². The first-order chi connectivity index (χ1) is 6.14. The fourth-order valence-electron chi connectivity index (χ4n) is 1.17. The standard InChI is InChI=1S/C9H20N2O2/c1-5-6-11-9(2,7-10)8(12-3)13-4/h5,8,11H,1,6-7,10H2,2-4H3. The van der Waals surface area contributed by atoms with Gasteiger partial charge < -0.3 is 20.5 Å². The van der Waals surface area contributed by atoms with E-state index in [0.29, 0.717) is 13.1 Å². The van der Waals surface area contributed by atoms with E-state index in [-0.39, 0.29) is 11.8 Å². The van der Waals surface area contributed by atoms with Crippen molar-refractivity contribution in [2.45, 2.75) is 18.8 Å². The average Bonchev–Trinajstić information content (AvgIpc) is 2.16. The summed E-state index contributed by atoms with van der Waals surface area (Å²) >= 11 is 0. The Balaban J connectivity index is 4.29. The van der Waals surface area contributed by atoms with E-state index >= 15 is 0 Å². The van der Waals surface area contributed by atoms with Crippen molar-refractivity contribution >= 4 is 0 Å². The molecule has 3 N–H and O–H groups in total. The van der Waals surface area contributed by atoms with Crippen LogP contribution in [0.2, 0.25) is 0 Å². The summed E-state index contributed by atoms with van der Waals surface area (Å²) in [6.45, 7) is 6.69. The molecule has 0 aliphatic heterocycles. The van der Waals surface area contributed by atoms with E-state index in [2.05, 4.69) is 11.9 Å². The molecule has 1 unspecified atom stereocenters. The van der Waals surface area contributed by atoms with E-state index in [0.717, 1.165) is 0 Å². The van der Waals surface area contributed by atoms with Crippen LogP contribution in [0.1, 0.15) is 6.92 Å². The summed E-state index contributed by atoms with van der Waals surface area (Å²) in [5, 5.41) is 3.20. The van der Waals surface area contributed by atoms with Crippen molar-refractivity contribution < 1.29 is 9.47 Å². The van der Waals surface area contributed by atoms with E-state index in [4.69, 9.17) is 15.2 Å². The molecule has 0 aliphatic carbocycles. The highest BCUT2D eigenvalue weighted by atomic mass is 16.7. The highest BCUT2D eigenvalue weighted by Crippen LogP contribution is 2.11. The predicted octanol–water partition coefficient (Wildman–Crippen LogP) is 0.0983. The van der Waals surface area contributed by atoms with Gasteiger partial charge in [0.05, 0.1) is 5.54 Å². The van der Waals surface area contributed by atoms with Crippen LogP contribution in [-0.4, -0.2) is 39.1 Å². The smallest absolute Gasteiger partial charge is 0.175 e. The van der Waals surface area contributed by atoms with Gasteiger partial charge in [-0.15, -0.1) is 6.58 Å². The molecule has 0 rings (SSSR count). The van der Waals surface area contributed by atoms with Gasteiger partial charge in [0.15, 0.2) is 6.29 Å². The Hall–Kier alpha value is -0.420. The van der Waals surface area contributed by atoms with Crippen molar-refractivity contribution in [2.75, 3.05) is 27.3 Å². The Morgan fingerprint density at radius 2 is 2.08 bits per heavy atom. The lowest BCUT2D eigenvalue weighted by Gasteiger charge is -2.35. The van der Waals surface area contributed by atoms with Gasteiger partial charge in [-0.05, 0) is 6.92 Å². The Morgan fingerprint density at radius 3 is 2.38 bits per heavy atom. The lowest BCUT2D eigenvalue weighted by Crippen LogP contribution is -2.58. The minimum absolute atomic E-state index is 0.350. The molecule has 1 atom stereocenters. The van der Waals surface area contributed by atoms with Gasteiger partial charge in [-0.1, -0.05) is 6.08 Å². The van der Waals surface area contributed by atoms with Crippen LogP contribution >= 0.6 is 0 Å². The number of methoxy groups -OCH3 is 2. The molecule has 78 valence electrons. The van der Waals surface area contributed by atoms with Crippen LogP contribution < -0.4 is 11.1 Å². The molecular formula is C9H20N2O2. The van der Waals surface area contributed by atoms with Crippen LogP contribution in [0, 0.1) is 0 Å². The first-order valence-electron chi connectivity index (χ1n) is 4.26. The maximum Gasteiger partial charge on any atom is 0.175 e. The first-order valence-corrected chi connectivity index (χ1v) is 4.26. The summed E-state index contributed by atoms with van der Waals surface area (Å²) in [5.41, 5.74) is 5.27. The van der Waals surface area contributed by atoms with E-state index in [9.17, 15) is 0 Å². The second kappa shape index (κ2) is 6.10. The van der Waals surface area contributed by atoms with Gasteiger partial charge in [-0.3, -0.25) is 0 Å². The molecule has 0 fully saturated rings. The molecule has 0 heterocycles. The molecule has 0 aliphatic rings. The number of nitrogens with two attached hydrogens (primary N) is 1. The summed E-state index contributed by atoms with van der Waals surface area (Å²) in [7, 11) is 3.19. The predicted molar refractivity (Wildman–Crippen MR) is 53.5 cm³/mol. The summed E-state index contributed by atoms with van der Waals surface area (Å²) in [4.78, 5) is 0. The highest BCUT2D eigenvalue weighted by molar-refractivity contribution is 4.90. The Bertz CT molecular complexity index is 149. The molecule has 0 aromatic carbocycles. The second-order valence-electron chi connectivity index (χ2n) is 3.09. The van der Waals surface area contributed by atoms with Crippen molar-refractivity contribution in [1.29, 1.82) is 0 Å². The third-order valence-corrected chi connectivity index (χ3v) is 2.02. The van der Waals surface area contributed by atoms with Gasteiger partial charge in [-0.2, -0.15) is 0 Å². The van der Waals surface area contributed by atoms with Crippen LogP contribution in [0.5, 0.6) is 0 Å². The number of hydrogen-bond donors (Lipinski definition) is 2. The molecule has 0 aromatic rings. The molecule has 13 heavy (non-hydrogen) atoms. The Labute approximate surface area is 80.1 Å². The topological polar surface area (TPSA) is 56.5 Å². The second-order valence-corrected chi connectivity index (χ2v) is 3.09. The van der Waals surface area contributed by atoms with E-state index in [1.165, 1.54) is 0 Å². The summed E-state index contributed by atoms with van der Waals surface area (Å²) in [6.07, 6.45) is 1.42. The van der Waals surface area contributed by atoms with Crippen molar-refractivity contribution in [3.8, 4) is 0 Å². The maximum atomic E-state index is 5.64. The molecule has 0 radical (unpaired) electrons. The van der Waals surface area contributed by atoms with E-state index in [1.807, 2.05) is 6.92 Å². The molecule has 0 amide bonds. The quantitative estimate of drug-likeness (QED) is 0.439. The molecule has 4 heteroatoms. The maximum absolute atomic E-state index is 5.64. The largest absolute Gasteiger partial charge is 0.354 e. The Morgan fingerprint density at radius 1 is 1.54 bits per heavy atom. The lowest BCUT2D eigenvalue weighted by atomic mass is 10.0. The minimum atomic E-state index is -0.377. The van der Waals surface area contributed by atoms with Crippen molar-refractivity contribution in [2.24, 2.45) is 5.73 Å². The minimum Gasteiger partial charge on any atom is -0.354 e. The molecule has 0 bridgehead atoms. The zero-order valence-electron chi connectivity index (χ0n) is 8.67. The SMILES string of the molecule is C=CCNC(C)(CN)C(OC)OC. The van der Waals surface area contributed by atoms with Crippen molar-refractivity contribution in [1.82, 2.24) is 5.32 Å². The number of hydrogen-bond acceptors (Lipinski definition) is 4. The monoisotopic (exact) mass is 188 g/mol. The van der Waals surface area contributed by atoms with Crippen LogP contribution in [0.3, 0.4) is 0 Å². The summed E-state index contributed by atoms with van der Waals surface area (Å²) in [6, 6.07) is 0. The molecule has 0 saturated carbocycles. The number of nitrogens with one attached hydrogen (secondary N) is 1. The van der Waals surface area contributed by atoms with Gasteiger partial charge in [0.2, 0.25) is 0 Å². The van der Waals surface area contributed by atoms with Crippen molar-refractivity contribution in [3.05, 3.63) is 12.7 Å². The fourth-order valence-corrected chi connectivity index (χ4v) is 1.17. The summed E-state index contributed by atoms with van der Waals surface area (Å²) in [5.74, 6) is 0. The van der Waals surface area contributed by atoms with E-state index < -0.39 is 0 Å². The average molecular weight is 188 g/mol. The lowest BCUT2D eigenvalue weighted by molar-refractivity contribution is -0.148. The third-order valence-electron chi connectivity index (χ3n) is 2.02. The normalized spacial score (nSPS) is 15.8. The first kappa shape index (κ1) is 12.6. The number of ether oxygens (including phenoxy) is 2. The molecular weight excluding hydrogens is 168 g/mol. The Kier molecular flexibility index (Phi) is 5.90. The van der Waals surface area contributed by atoms with Crippen LogP contribution in [0.4, 0.5) is 0 Å². The third kappa shape index (κ3) is 3.44. The number of rotatable bonds is 7. The zero-order chi connectivity index (χ0) is 10.3. The van der Waals surface area contributed by atoms with Crippen LogP contribution in [0.15, 0.2) is 12.7 Å². The molecule has 0 spiro atoms. The molecule has 4 nitrogen and oxygen atoms in total. The zero-order valence-corrected chi connectivity index (χ0v) is 8.67. The van der Waals surface area contributed by atoms with Gasteiger partial charge in [-0.25, -0.2) is 0 Å². The van der Waals surface area contributed by atoms with E-state index in [1.54, 1.807) is 20.3 Å². The molecule has 0 saturated heterocycles. The van der Waals surface area contributed by atoms with Gasteiger partial charge in [0, 0.05) is 27.3 Å². The van der Waals surface area contributed by atoms with Gasteiger partial charge in [0.25, 0.3) is 0 Å². The van der Waals surface area contributed by atoms with Gasteiger partial charge >= 0.3 is 0 Å². The van der Waals surface area contributed by atoms with Crippen LogP contribution in [0.25, 0.3) is 0 Å². The summed E-state index contributed by atoms with van der Waals surface area (Å²) < 4.78 is 10.3. The fraction of sp³-hybridized carbons (Fsp3) is 0.778.